The molecule has 6 nitrogen and oxygen atoms in total. The van der Waals surface area contributed by atoms with E-state index >= 15 is 0 Å². The average Bonchev–Trinajstić information content (AvgIpc) is 3.00. The zero-order valence-corrected chi connectivity index (χ0v) is 14.9. The summed E-state index contributed by atoms with van der Waals surface area (Å²) in [5, 5.41) is 10.5. The second-order valence-electron chi connectivity index (χ2n) is 6.60. The number of rotatable bonds is 2. The number of β-amino-alcohol motifs (C(OH)–C–C–N with tert-alkyl or cyclic N) is 1. The Kier molecular flexibility index (Phi) is 3.35. The fourth-order valence-electron chi connectivity index (χ4n) is 3.34. The van der Waals surface area contributed by atoms with E-state index in [1.165, 1.54) is 11.3 Å². The first-order chi connectivity index (χ1) is 12.6. The van der Waals surface area contributed by atoms with Crippen LogP contribution in [0.2, 0.25) is 0 Å². The second-order valence-corrected chi connectivity index (χ2v) is 7.60. The molecule has 4 heterocycles. The predicted molar refractivity (Wildman–Crippen MR) is 103 cm³/mol. The van der Waals surface area contributed by atoms with Gasteiger partial charge in [0.1, 0.15) is 21.4 Å². The van der Waals surface area contributed by atoms with E-state index in [4.69, 9.17) is 0 Å². The number of hydrogen-bond donors (Lipinski definition) is 1. The van der Waals surface area contributed by atoms with Crippen LogP contribution in [0.15, 0.2) is 47.7 Å². The van der Waals surface area contributed by atoms with E-state index in [1.54, 1.807) is 17.1 Å². The van der Waals surface area contributed by atoms with Crippen LogP contribution in [0.25, 0.3) is 26.1 Å². The maximum Gasteiger partial charge on any atom is 0.275 e. The molecule has 0 atom stereocenters. The third-order valence-electron chi connectivity index (χ3n) is 4.78. The summed E-state index contributed by atoms with van der Waals surface area (Å²) in [7, 11) is 0. The van der Waals surface area contributed by atoms with Gasteiger partial charge in [0, 0.05) is 19.3 Å². The van der Waals surface area contributed by atoms with Gasteiger partial charge in [-0.1, -0.05) is 17.7 Å². The lowest BCUT2D eigenvalue weighted by Crippen LogP contribution is -2.50. The van der Waals surface area contributed by atoms with Crippen LogP contribution in [0.3, 0.4) is 0 Å². The number of aliphatic hydroxyl groups excluding tert-OH is 1. The van der Waals surface area contributed by atoms with Crippen molar-refractivity contribution in [2.45, 2.75) is 13.0 Å². The zero-order chi connectivity index (χ0) is 17.8. The number of benzene rings is 1. The lowest BCUT2D eigenvalue weighted by Gasteiger charge is -2.38. The molecule has 4 aromatic rings. The molecule has 0 aliphatic carbocycles. The molecule has 0 unspecified atom stereocenters. The van der Waals surface area contributed by atoms with E-state index < -0.39 is 0 Å². The highest BCUT2D eigenvalue weighted by atomic mass is 32.1. The Morgan fingerprint density at radius 3 is 2.65 bits per heavy atom. The summed E-state index contributed by atoms with van der Waals surface area (Å²) in [5.74, 6) is 0. The number of thiophene rings is 1. The van der Waals surface area contributed by atoms with Crippen LogP contribution in [-0.2, 0) is 0 Å². The Bertz CT molecular complexity index is 1190. The first-order valence-corrected chi connectivity index (χ1v) is 9.22. The molecule has 26 heavy (non-hydrogen) atoms. The number of aliphatic hydroxyl groups is 1. The number of fused-ring (bicyclic) bond motifs is 3. The highest BCUT2D eigenvalue weighted by Crippen LogP contribution is 2.37. The molecule has 1 aliphatic heterocycles. The fourth-order valence-corrected chi connectivity index (χ4v) is 4.39. The van der Waals surface area contributed by atoms with Gasteiger partial charge in [-0.05, 0) is 25.1 Å². The van der Waals surface area contributed by atoms with Crippen molar-refractivity contribution in [1.29, 1.82) is 0 Å². The Balaban J connectivity index is 1.74. The summed E-state index contributed by atoms with van der Waals surface area (Å²) in [6.45, 7) is 3.20. The number of hydrogen-bond acceptors (Lipinski definition) is 6. The van der Waals surface area contributed by atoms with Crippen molar-refractivity contribution in [1.82, 2.24) is 14.5 Å². The van der Waals surface area contributed by atoms with Crippen LogP contribution < -0.4 is 10.5 Å². The summed E-state index contributed by atoms with van der Waals surface area (Å²) in [6.07, 6.45) is 3.04. The fraction of sp³-hybridized carbons (Fsp3) is 0.211. The summed E-state index contributed by atoms with van der Waals surface area (Å²) >= 11 is 1.37. The van der Waals surface area contributed by atoms with Crippen molar-refractivity contribution in [3.63, 3.8) is 0 Å². The van der Waals surface area contributed by atoms with Gasteiger partial charge in [0.2, 0.25) is 0 Å². The standard InChI is InChI=1S/C19H16N4O2S/c1-11-2-4-12(5-3-11)23-10-21-16-15-14(22-8-13(24)9-22)6-7-20-18(15)26-17(16)19(23)25/h2-7,10,13,24H,8-9H2,1H3. The van der Waals surface area contributed by atoms with E-state index in [-0.39, 0.29) is 11.7 Å². The van der Waals surface area contributed by atoms with Gasteiger partial charge in [-0.25, -0.2) is 9.97 Å². The van der Waals surface area contributed by atoms with E-state index in [9.17, 15) is 9.90 Å². The number of anilines is 1. The molecule has 1 N–H and O–H groups in total. The minimum atomic E-state index is -0.296. The normalized spacial score (nSPS) is 14.9. The molecule has 1 saturated heterocycles. The summed E-state index contributed by atoms with van der Waals surface area (Å²) in [6, 6.07) is 9.72. The molecule has 0 spiro atoms. The Morgan fingerprint density at radius 1 is 1.15 bits per heavy atom. The molecule has 1 aliphatic rings. The number of nitrogens with zero attached hydrogens (tertiary/aromatic N) is 4. The first kappa shape index (κ1) is 15.5. The molecular weight excluding hydrogens is 348 g/mol. The lowest BCUT2D eigenvalue weighted by molar-refractivity contribution is 0.142. The Labute approximate surface area is 153 Å². The topological polar surface area (TPSA) is 71.2 Å². The molecule has 7 heteroatoms. The molecule has 1 fully saturated rings. The average molecular weight is 364 g/mol. The first-order valence-electron chi connectivity index (χ1n) is 8.41. The molecule has 0 radical (unpaired) electrons. The number of aryl methyl sites for hydroxylation is 1. The van der Waals surface area contributed by atoms with Gasteiger partial charge < -0.3 is 10.0 Å². The van der Waals surface area contributed by atoms with Gasteiger partial charge in [-0.3, -0.25) is 9.36 Å². The van der Waals surface area contributed by atoms with Crippen molar-refractivity contribution < 1.29 is 5.11 Å². The van der Waals surface area contributed by atoms with E-state index in [2.05, 4.69) is 14.9 Å². The summed E-state index contributed by atoms with van der Waals surface area (Å²) in [4.78, 5) is 25.0. The van der Waals surface area contributed by atoms with Gasteiger partial charge in [0.05, 0.1) is 22.9 Å². The third-order valence-corrected chi connectivity index (χ3v) is 5.85. The van der Waals surface area contributed by atoms with Gasteiger partial charge >= 0.3 is 0 Å². The Morgan fingerprint density at radius 2 is 1.92 bits per heavy atom. The highest BCUT2D eigenvalue weighted by Gasteiger charge is 2.27. The predicted octanol–water partition coefficient (Wildman–Crippen LogP) is 2.48. The van der Waals surface area contributed by atoms with Crippen molar-refractivity contribution in [2.24, 2.45) is 0 Å². The van der Waals surface area contributed by atoms with Crippen LogP contribution >= 0.6 is 11.3 Å². The number of pyridine rings is 1. The summed E-state index contributed by atoms with van der Waals surface area (Å²) < 4.78 is 2.17. The number of aromatic nitrogens is 3. The minimum absolute atomic E-state index is 0.0866. The van der Waals surface area contributed by atoms with Crippen molar-refractivity contribution in [2.75, 3.05) is 18.0 Å². The van der Waals surface area contributed by atoms with Crippen molar-refractivity contribution in [3.8, 4) is 5.69 Å². The zero-order valence-electron chi connectivity index (χ0n) is 14.1. The molecule has 0 saturated carbocycles. The largest absolute Gasteiger partial charge is 0.389 e. The molecule has 5 rings (SSSR count). The van der Waals surface area contributed by atoms with Crippen LogP contribution in [-0.4, -0.2) is 38.8 Å². The minimum Gasteiger partial charge on any atom is -0.389 e. The maximum atomic E-state index is 13.1. The molecule has 0 amide bonds. The third kappa shape index (κ3) is 2.24. The van der Waals surface area contributed by atoms with Crippen LogP contribution in [0, 0.1) is 6.92 Å². The van der Waals surface area contributed by atoms with Gasteiger partial charge in [0.25, 0.3) is 5.56 Å². The van der Waals surface area contributed by atoms with Crippen LogP contribution in [0.5, 0.6) is 0 Å². The Hall–Kier alpha value is -2.77. The SMILES string of the molecule is Cc1ccc(-n2cnc3c(sc4nccc(N5CC(O)C5)c43)c2=O)cc1. The molecule has 3 aromatic heterocycles. The molecule has 1 aromatic carbocycles. The van der Waals surface area contributed by atoms with Gasteiger partial charge in [-0.2, -0.15) is 0 Å². The smallest absolute Gasteiger partial charge is 0.275 e. The van der Waals surface area contributed by atoms with E-state index in [1.807, 2.05) is 37.3 Å². The van der Waals surface area contributed by atoms with Crippen molar-refractivity contribution in [3.05, 3.63) is 58.8 Å². The second kappa shape index (κ2) is 5.62. The molecular formula is C19H16N4O2S. The molecule has 130 valence electrons. The van der Waals surface area contributed by atoms with Gasteiger partial charge in [-0.15, -0.1) is 11.3 Å². The van der Waals surface area contributed by atoms with E-state index in [0.717, 1.165) is 27.2 Å². The monoisotopic (exact) mass is 364 g/mol. The van der Waals surface area contributed by atoms with Crippen LogP contribution in [0.4, 0.5) is 5.69 Å². The van der Waals surface area contributed by atoms with Crippen molar-refractivity contribution >= 4 is 37.5 Å². The molecule has 0 bridgehead atoms. The maximum absolute atomic E-state index is 13.1. The highest BCUT2D eigenvalue weighted by molar-refractivity contribution is 7.25. The van der Waals surface area contributed by atoms with E-state index in [0.29, 0.717) is 23.3 Å². The lowest BCUT2D eigenvalue weighted by atomic mass is 10.1. The summed E-state index contributed by atoms with van der Waals surface area (Å²) in [5.41, 5.74) is 3.51. The quantitative estimate of drug-likeness (QED) is 0.592. The van der Waals surface area contributed by atoms with Crippen LogP contribution in [0.1, 0.15) is 5.56 Å². The van der Waals surface area contributed by atoms with Gasteiger partial charge in [0.15, 0.2) is 0 Å².